The van der Waals surface area contributed by atoms with Crippen molar-refractivity contribution < 1.29 is 0 Å². The van der Waals surface area contributed by atoms with E-state index in [2.05, 4.69) is 20.5 Å². The van der Waals surface area contributed by atoms with E-state index in [-0.39, 0.29) is 0 Å². The summed E-state index contributed by atoms with van der Waals surface area (Å²) >= 11 is 7.33. The van der Waals surface area contributed by atoms with Crippen molar-refractivity contribution in [3.8, 4) is 0 Å². The van der Waals surface area contributed by atoms with Gasteiger partial charge in [-0.15, -0.1) is 10.2 Å². The molecule has 0 aliphatic carbocycles. The Morgan fingerprint density at radius 3 is 2.81 bits per heavy atom. The van der Waals surface area contributed by atoms with Crippen LogP contribution in [0.4, 0.5) is 5.13 Å². The topological polar surface area (TPSA) is 50.7 Å². The van der Waals surface area contributed by atoms with Gasteiger partial charge >= 0.3 is 0 Å². The second kappa shape index (κ2) is 5.23. The molecule has 0 saturated heterocycles. The van der Waals surface area contributed by atoms with Gasteiger partial charge in [0.25, 0.3) is 0 Å². The van der Waals surface area contributed by atoms with E-state index in [9.17, 15) is 0 Å². The highest BCUT2D eigenvalue weighted by molar-refractivity contribution is 7.15. The molecule has 0 aliphatic rings. The minimum absolute atomic E-state index is 0.664. The zero-order valence-electron chi connectivity index (χ0n) is 8.77. The van der Waals surface area contributed by atoms with Gasteiger partial charge in [0.2, 0.25) is 5.13 Å². The van der Waals surface area contributed by atoms with Gasteiger partial charge in [-0.1, -0.05) is 22.9 Å². The molecule has 2 rings (SSSR count). The molecule has 0 fully saturated rings. The number of hydrogen-bond acceptors (Lipinski definition) is 5. The van der Waals surface area contributed by atoms with Crippen molar-refractivity contribution in [3.63, 3.8) is 0 Å². The van der Waals surface area contributed by atoms with Gasteiger partial charge in [0.1, 0.15) is 5.01 Å². The molecule has 0 aromatic carbocycles. The van der Waals surface area contributed by atoms with Crippen LogP contribution in [-0.2, 0) is 12.8 Å². The zero-order valence-corrected chi connectivity index (χ0v) is 10.3. The maximum Gasteiger partial charge on any atom is 0.205 e. The molecule has 0 bridgehead atoms. The molecule has 2 aromatic heterocycles. The summed E-state index contributed by atoms with van der Waals surface area (Å²) in [5, 5.41) is 13.5. The second-order valence-electron chi connectivity index (χ2n) is 3.22. The van der Waals surface area contributed by atoms with Gasteiger partial charge in [0.05, 0.1) is 5.02 Å². The van der Waals surface area contributed by atoms with Gasteiger partial charge in [-0.25, -0.2) is 0 Å². The van der Waals surface area contributed by atoms with Crippen LogP contribution in [0.15, 0.2) is 18.3 Å². The van der Waals surface area contributed by atoms with Crippen LogP contribution in [0.5, 0.6) is 0 Å². The van der Waals surface area contributed by atoms with E-state index in [1.54, 1.807) is 17.5 Å². The van der Waals surface area contributed by atoms with Crippen LogP contribution in [0.1, 0.15) is 10.7 Å². The molecular weight excluding hydrogens is 244 g/mol. The SMILES string of the molecule is CNc1nnc(CCc2ccc(Cl)cn2)s1. The summed E-state index contributed by atoms with van der Waals surface area (Å²) < 4.78 is 0. The van der Waals surface area contributed by atoms with Crippen molar-refractivity contribution in [2.24, 2.45) is 0 Å². The van der Waals surface area contributed by atoms with Crippen LogP contribution >= 0.6 is 22.9 Å². The van der Waals surface area contributed by atoms with E-state index in [4.69, 9.17) is 11.6 Å². The van der Waals surface area contributed by atoms with E-state index in [0.29, 0.717) is 5.02 Å². The molecule has 6 heteroatoms. The average molecular weight is 255 g/mol. The first-order valence-electron chi connectivity index (χ1n) is 4.88. The highest BCUT2D eigenvalue weighted by atomic mass is 35.5. The highest BCUT2D eigenvalue weighted by Crippen LogP contribution is 2.16. The largest absolute Gasteiger partial charge is 0.363 e. The van der Waals surface area contributed by atoms with E-state index >= 15 is 0 Å². The number of anilines is 1. The number of aromatic nitrogens is 3. The normalized spacial score (nSPS) is 10.4. The molecular formula is C10H11ClN4S. The maximum absolute atomic E-state index is 5.76. The Morgan fingerprint density at radius 2 is 2.19 bits per heavy atom. The molecule has 0 spiro atoms. The van der Waals surface area contributed by atoms with Gasteiger partial charge < -0.3 is 5.32 Å². The minimum atomic E-state index is 0.664. The molecule has 2 aromatic rings. The van der Waals surface area contributed by atoms with Crippen molar-refractivity contribution in [3.05, 3.63) is 34.1 Å². The highest BCUT2D eigenvalue weighted by Gasteiger charge is 2.03. The van der Waals surface area contributed by atoms with Crippen LogP contribution in [0.3, 0.4) is 0 Å². The molecule has 2 heterocycles. The van der Waals surface area contributed by atoms with Gasteiger partial charge in [0, 0.05) is 25.4 Å². The third-order valence-electron chi connectivity index (χ3n) is 2.06. The number of nitrogens with zero attached hydrogens (tertiary/aromatic N) is 3. The number of rotatable bonds is 4. The first-order chi connectivity index (χ1) is 7.78. The molecule has 0 atom stereocenters. The smallest absolute Gasteiger partial charge is 0.205 e. The first-order valence-corrected chi connectivity index (χ1v) is 6.08. The lowest BCUT2D eigenvalue weighted by atomic mass is 10.2. The fourth-order valence-electron chi connectivity index (χ4n) is 1.24. The third kappa shape index (κ3) is 2.90. The van der Waals surface area contributed by atoms with Crippen molar-refractivity contribution in [2.45, 2.75) is 12.8 Å². The molecule has 4 nitrogen and oxygen atoms in total. The monoisotopic (exact) mass is 254 g/mol. The van der Waals surface area contributed by atoms with Gasteiger partial charge in [0.15, 0.2) is 0 Å². The van der Waals surface area contributed by atoms with Crippen LogP contribution in [-0.4, -0.2) is 22.2 Å². The Labute approximate surface area is 103 Å². The number of halogens is 1. The number of hydrogen-bond donors (Lipinski definition) is 1. The molecule has 0 aliphatic heterocycles. The predicted molar refractivity (Wildman–Crippen MR) is 66.1 cm³/mol. The molecule has 0 amide bonds. The van der Waals surface area contributed by atoms with Crippen LogP contribution in [0, 0.1) is 0 Å². The van der Waals surface area contributed by atoms with Crippen LogP contribution in [0.2, 0.25) is 5.02 Å². The van der Waals surface area contributed by atoms with Gasteiger partial charge in [-0.2, -0.15) is 0 Å². The summed E-state index contributed by atoms with van der Waals surface area (Å²) in [6, 6.07) is 3.78. The molecule has 0 radical (unpaired) electrons. The lowest BCUT2D eigenvalue weighted by Gasteiger charge is -1.97. The summed E-state index contributed by atoms with van der Waals surface area (Å²) in [6.07, 6.45) is 3.37. The predicted octanol–water partition coefficient (Wildman–Crippen LogP) is 2.41. The van der Waals surface area contributed by atoms with E-state index in [1.807, 2.05) is 19.2 Å². The lowest BCUT2D eigenvalue weighted by molar-refractivity contribution is 0.877. The Bertz CT molecular complexity index is 454. The van der Waals surface area contributed by atoms with E-state index < -0.39 is 0 Å². The standard InChI is InChI=1S/C10H11ClN4S/c1-12-10-15-14-9(16-10)5-4-8-3-2-7(11)6-13-8/h2-3,6H,4-5H2,1H3,(H,12,15). The Kier molecular flexibility index (Phi) is 3.69. The summed E-state index contributed by atoms with van der Waals surface area (Å²) in [4.78, 5) is 4.23. The number of nitrogens with one attached hydrogen (secondary N) is 1. The fourth-order valence-corrected chi connectivity index (χ4v) is 2.05. The van der Waals surface area contributed by atoms with Crippen molar-refractivity contribution in [1.29, 1.82) is 0 Å². The summed E-state index contributed by atoms with van der Waals surface area (Å²) in [5.74, 6) is 0. The summed E-state index contributed by atoms with van der Waals surface area (Å²) in [7, 11) is 1.84. The number of pyridine rings is 1. The molecule has 0 saturated carbocycles. The third-order valence-corrected chi connectivity index (χ3v) is 3.29. The van der Waals surface area contributed by atoms with E-state index in [0.717, 1.165) is 28.7 Å². The minimum Gasteiger partial charge on any atom is -0.363 e. The summed E-state index contributed by atoms with van der Waals surface area (Å²) in [5.41, 5.74) is 1.02. The second-order valence-corrected chi connectivity index (χ2v) is 4.72. The lowest BCUT2D eigenvalue weighted by Crippen LogP contribution is -1.93. The molecule has 1 N–H and O–H groups in total. The van der Waals surface area contributed by atoms with Crippen molar-refractivity contribution in [2.75, 3.05) is 12.4 Å². The van der Waals surface area contributed by atoms with Crippen LogP contribution in [0.25, 0.3) is 0 Å². The zero-order chi connectivity index (χ0) is 11.4. The molecule has 84 valence electrons. The molecule has 16 heavy (non-hydrogen) atoms. The quantitative estimate of drug-likeness (QED) is 0.910. The van der Waals surface area contributed by atoms with Crippen molar-refractivity contribution >= 4 is 28.1 Å². The van der Waals surface area contributed by atoms with Gasteiger partial charge in [-0.3, -0.25) is 4.98 Å². The Balaban J connectivity index is 1.94. The Hall–Kier alpha value is -1.20. The maximum atomic E-state index is 5.76. The van der Waals surface area contributed by atoms with Crippen LogP contribution < -0.4 is 5.32 Å². The average Bonchev–Trinajstić information content (AvgIpc) is 2.76. The Morgan fingerprint density at radius 1 is 1.31 bits per heavy atom. The van der Waals surface area contributed by atoms with E-state index in [1.165, 1.54) is 0 Å². The molecule has 0 unspecified atom stereocenters. The first kappa shape index (κ1) is 11.3. The number of aryl methyl sites for hydroxylation is 2. The van der Waals surface area contributed by atoms with Crippen molar-refractivity contribution in [1.82, 2.24) is 15.2 Å². The van der Waals surface area contributed by atoms with Gasteiger partial charge in [-0.05, 0) is 18.6 Å². The summed E-state index contributed by atoms with van der Waals surface area (Å²) in [6.45, 7) is 0. The fraction of sp³-hybridized carbons (Fsp3) is 0.300.